The highest BCUT2D eigenvalue weighted by Gasteiger charge is 2.37. The van der Waals surface area contributed by atoms with Gasteiger partial charge >= 0.3 is 0 Å². The zero-order valence-electron chi connectivity index (χ0n) is 19.2. The van der Waals surface area contributed by atoms with Gasteiger partial charge in [-0.15, -0.1) is 10.2 Å². The number of hydrogen-bond donors (Lipinski definition) is 1. The number of nitrogens with zero attached hydrogens (tertiary/aromatic N) is 4. The molecule has 1 aliphatic heterocycles. The Hall–Kier alpha value is -3.40. The number of hydrogen-bond acceptors (Lipinski definition) is 6. The van der Waals surface area contributed by atoms with E-state index in [-0.39, 0.29) is 5.56 Å². The van der Waals surface area contributed by atoms with Crippen LogP contribution in [0.2, 0.25) is 0 Å². The highest BCUT2D eigenvalue weighted by atomic mass is 32.2. The third kappa shape index (κ3) is 3.04. The molecule has 2 aromatic heterocycles. The van der Waals surface area contributed by atoms with Crippen LogP contribution in [0.3, 0.4) is 0 Å². The lowest BCUT2D eigenvalue weighted by Gasteiger charge is -2.35. The molecular weight excluding hydrogens is 445 g/mol. The molecule has 3 heterocycles. The Bertz CT molecular complexity index is 1570. The normalized spacial score (nSPS) is 14.6. The Balaban J connectivity index is 1.90. The summed E-state index contributed by atoms with van der Waals surface area (Å²) < 4.78 is 49.3. The second-order valence-corrected chi connectivity index (χ2v) is 10.8. The molecule has 0 bridgehead atoms. The molecule has 1 N–H and O–H groups in total. The molecule has 0 unspecified atom stereocenters. The van der Waals surface area contributed by atoms with Crippen LogP contribution in [-0.4, -0.2) is 40.5 Å². The van der Waals surface area contributed by atoms with Crippen molar-refractivity contribution in [3.8, 4) is 22.6 Å². The molecule has 4 aromatic rings. The van der Waals surface area contributed by atoms with Gasteiger partial charge < -0.3 is 10.1 Å². The van der Waals surface area contributed by atoms with Crippen LogP contribution in [0.1, 0.15) is 31.1 Å². The summed E-state index contributed by atoms with van der Waals surface area (Å²) in [7, 11) is -2.04. The fourth-order valence-electron chi connectivity index (χ4n) is 4.67. The Labute approximate surface area is 191 Å². The van der Waals surface area contributed by atoms with Crippen molar-refractivity contribution < 1.29 is 17.5 Å². The summed E-state index contributed by atoms with van der Waals surface area (Å²) in [5, 5.41) is 12.5. The van der Waals surface area contributed by atoms with Crippen molar-refractivity contribution in [3.05, 3.63) is 53.5 Å². The molecular formula is C23H24FN5O3S. The maximum absolute atomic E-state index is 15.8. The lowest BCUT2D eigenvalue weighted by molar-refractivity contribution is 0.408. The molecule has 0 saturated carbocycles. The van der Waals surface area contributed by atoms with Crippen LogP contribution in [0.4, 0.5) is 10.1 Å². The minimum Gasteiger partial charge on any atom is -0.494 e. The average Bonchev–Trinajstić information content (AvgIpc) is 3.30. The molecule has 5 rings (SSSR count). The largest absolute Gasteiger partial charge is 0.494 e. The number of aromatic nitrogens is 4. The summed E-state index contributed by atoms with van der Waals surface area (Å²) in [6.45, 7) is 7.58. The molecule has 33 heavy (non-hydrogen) atoms. The topological polar surface area (TPSA) is 91.0 Å². The second-order valence-electron chi connectivity index (χ2n) is 8.94. The molecule has 10 heteroatoms. The molecule has 2 aromatic carbocycles. The van der Waals surface area contributed by atoms with Gasteiger partial charge in [0.1, 0.15) is 17.3 Å². The van der Waals surface area contributed by atoms with Crippen molar-refractivity contribution in [2.75, 3.05) is 18.7 Å². The summed E-state index contributed by atoms with van der Waals surface area (Å²) in [4.78, 5) is 0. The second kappa shape index (κ2) is 6.80. The Morgan fingerprint density at radius 2 is 1.88 bits per heavy atom. The van der Waals surface area contributed by atoms with E-state index < -0.39 is 21.4 Å². The Morgan fingerprint density at radius 3 is 2.55 bits per heavy atom. The number of ether oxygens (including phenoxy) is 1. The predicted molar refractivity (Wildman–Crippen MR) is 125 cm³/mol. The number of aryl methyl sites for hydroxylation is 2. The molecule has 8 nitrogen and oxygen atoms in total. The van der Waals surface area contributed by atoms with Gasteiger partial charge in [0, 0.05) is 17.6 Å². The molecule has 0 fully saturated rings. The van der Waals surface area contributed by atoms with Crippen LogP contribution in [0, 0.1) is 19.7 Å². The predicted octanol–water partition coefficient (Wildman–Crippen LogP) is 4.12. The zero-order chi connectivity index (χ0) is 23.9. The van der Waals surface area contributed by atoms with Crippen molar-refractivity contribution in [3.63, 3.8) is 0 Å². The van der Waals surface area contributed by atoms with Crippen LogP contribution in [0.15, 0.2) is 30.5 Å². The van der Waals surface area contributed by atoms with E-state index in [0.717, 1.165) is 11.8 Å². The van der Waals surface area contributed by atoms with Gasteiger partial charge in [0.25, 0.3) is 0 Å². The van der Waals surface area contributed by atoms with Gasteiger partial charge in [-0.3, -0.25) is 4.57 Å². The van der Waals surface area contributed by atoms with Crippen molar-refractivity contribution in [2.45, 2.75) is 33.2 Å². The van der Waals surface area contributed by atoms with Crippen LogP contribution in [0.25, 0.3) is 27.7 Å². The molecule has 172 valence electrons. The number of anilines is 1. The Kier molecular flexibility index (Phi) is 4.42. The minimum atomic E-state index is -3.53. The lowest BCUT2D eigenvalue weighted by atomic mass is 9.94. The summed E-state index contributed by atoms with van der Waals surface area (Å²) in [5.74, 6) is 1.16. The molecule has 0 atom stereocenters. The van der Waals surface area contributed by atoms with Gasteiger partial charge in [-0.25, -0.2) is 16.8 Å². The number of rotatable bonds is 3. The molecule has 1 aliphatic rings. The van der Waals surface area contributed by atoms with Gasteiger partial charge in [0.15, 0.2) is 11.6 Å². The van der Waals surface area contributed by atoms with Gasteiger partial charge in [0.05, 0.1) is 35.7 Å². The first-order valence-corrected chi connectivity index (χ1v) is 12.2. The smallest absolute Gasteiger partial charge is 0.236 e. The summed E-state index contributed by atoms with van der Waals surface area (Å²) in [6.07, 6.45) is 2.62. The van der Waals surface area contributed by atoms with Crippen LogP contribution >= 0.6 is 0 Å². The number of nitrogens with one attached hydrogen (secondary N) is 1. The van der Waals surface area contributed by atoms with Crippen LogP contribution in [0.5, 0.6) is 5.75 Å². The quantitative estimate of drug-likeness (QED) is 0.485. The van der Waals surface area contributed by atoms with Gasteiger partial charge in [-0.05, 0) is 51.0 Å². The SMILES string of the molecule is COc1c(-c2cc(C)cc3c2ccn3S(C)(=O)=O)c(F)cc2c1-n1c(C)nnc1C(C)(C)N2. The van der Waals surface area contributed by atoms with Gasteiger partial charge in [0.2, 0.25) is 10.0 Å². The fourth-order valence-corrected chi connectivity index (χ4v) is 5.46. The van der Waals surface area contributed by atoms with Crippen molar-refractivity contribution in [1.82, 2.24) is 18.7 Å². The highest BCUT2D eigenvalue weighted by Crippen LogP contribution is 2.48. The molecule has 0 radical (unpaired) electrons. The Morgan fingerprint density at radius 1 is 1.15 bits per heavy atom. The third-order valence-electron chi connectivity index (χ3n) is 6.01. The fraction of sp³-hybridized carbons (Fsp3) is 0.304. The number of fused-ring (bicyclic) bond motifs is 4. The minimum absolute atomic E-state index is 0.247. The summed E-state index contributed by atoms with van der Waals surface area (Å²) in [6, 6.07) is 6.73. The first kappa shape index (κ1) is 21.4. The maximum atomic E-state index is 15.8. The van der Waals surface area contributed by atoms with Crippen molar-refractivity contribution >= 4 is 26.6 Å². The van der Waals surface area contributed by atoms with Crippen molar-refractivity contribution in [2.24, 2.45) is 0 Å². The van der Waals surface area contributed by atoms with E-state index >= 15 is 4.39 Å². The first-order chi connectivity index (χ1) is 15.4. The maximum Gasteiger partial charge on any atom is 0.236 e. The van der Waals surface area contributed by atoms with E-state index in [1.54, 1.807) is 12.1 Å². The van der Waals surface area contributed by atoms with Gasteiger partial charge in [-0.1, -0.05) is 6.07 Å². The lowest BCUT2D eigenvalue weighted by Crippen LogP contribution is -2.36. The van der Waals surface area contributed by atoms with E-state index in [1.165, 1.54) is 23.3 Å². The molecule has 0 spiro atoms. The van der Waals surface area contributed by atoms with Crippen LogP contribution < -0.4 is 10.1 Å². The molecule has 0 aliphatic carbocycles. The monoisotopic (exact) mass is 469 g/mol. The average molecular weight is 470 g/mol. The number of benzene rings is 2. The standard InChI is InChI=1S/C23H24FN5O3S/c1-12-9-15(14-7-8-28(18(14)10-12)33(6,30)31)19-16(24)11-17-20(21(19)32-5)29-13(2)26-27-22(29)23(3,4)25-17/h7-11,25H,1-6H3. The van der Waals surface area contributed by atoms with Crippen molar-refractivity contribution in [1.29, 1.82) is 0 Å². The summed E-state index contributed by atoms with van der Waals surface area (Å²) in [5.41, 5.74) is 2.66. The highest BCUT2D eigenvalue weighted by molar-refractivity contribution is 7.89. The van der Waals surface area contributed by atoms with E-state index in [1.807, 2.05) is 38.3 Å². The van der Waals surface area contributed by atoms with Crippen LogP contribution in [-0.2, 0) is 15.6 Å². The molecule has 0 saturated heterocycles. The van der Waals surface area contributed by atoms with E-state index in [2.05, 4.69) is 15.5 Å². The van der Waals surface area contributed by atoms with E-state index in [4.69, 9.17) is 4.74 Å². The first-order valence-electron chi connectivity index (χ1n) is 10.4. The molecule has 0 amide bonds. The van der Waals surface area contributed by atoms with E-state index in [9.17, 15) is 8.42 Å². The number of halogens is 1. The number of methoxy groups -OCH3 is 1. The zero-order valence-corrected chi connectivity index (χ0v) is 20.0. The van der Waals surface area contributed by atoms with Gasteiger partial charge in [-0.2, -0.15) is 0 Å². The van der Waals surface area contributed by atoms with E-state index in [0.29, 0.717) is 45.2 Å². The third-order valence-corrected chi connectivity index (χ3v) is 7.04. The summed E-state index contributed by atoms with van der Waals surface area (Å²) >= 11 is 0.